The zero-order valence-electron chi connectivity index (χ0n) is 11.7. The third-order valence-electron chi connectivity index (χ3n) is 4.37. The molecule has 0 radical (unpaired) electrons. The first-order valence-electron chi connectivity index (χ1n) is 7.23. The summed E-state index contributed by atoms with van der Waals surface area (Å²) in [5.41, 5.74) is 0. The van der Waals surface area contributed by atoms with Crippen LogP contribution in [0.4, 0.5) is 0 Å². The zero-order valence-corrected chi connectivity index (χ0v) is 11.7. The van der Waals surface area contributed by atoms with E-state index in [1.807, 2.05) is 0 Å². The Labute approximate surface area is 110 Å². The van der Waals surface area contributed by atoms with Crippen LogP contribution < -0.4 is 0 Å². The predicted octanol–water partition coefficient (Wildman–Crippen LogP) is 1.21. The fourth-order valence-corrected chi connectivity index (χ4v) is 3.17. The molecule has 2 aliphatic heterocycles. The molecule has 2 rings (SSSR count). The average Bonchev–Trinajstić information content (AvgIpc) is 2.78. The largest absolute Gasteiger partial charge is 0.469 e. The van der Waals surface area contributed by atoms with E-state index in [1.54, 1.807) is 0 Å². The van der Waals surface area contributed by atoms with Gasteiger partial charge in [-0.15, -0.1) is 0 Å². The Morgan fingerprint density at radius 3 is 2.44 bits per heavy atom. The Bertz CT molecular complexity index is 277. The van der Waals surface area contributed by atoms with Gasteiger partial charge in [0.15, 0.2) is 0 Å². The number of hydrogen-bond acceptors (Lipinski definition) is 4. The first-order valence-corrected chi connectivity index (χ1v) is 7.23. The highest BCUT2D eigenvalue weighted by atomic mass is 16.5. The molecule has 2 atom stereocenters. The Morgan fingerprint density at radius 1 is 1.11 bits per heavy atom. The minimum absolute atomic E-state index is 0.0389. The molecule has 2 fully saturated rings. The summed E-state index contributed by atoms with van der Waals surface area (Å²) in [6.45, 7) is 8.82. The van der Waals surface area contributed by atoms with Crippen molar-refractivity contribution in [2.45, 2.75) is 26.2 Å². The van der Waals surface area contributed by atoms with Gasteiger partial charge in [0.05, 0.1) is 13.0 Å². The number of esters is 1. The van der Waals surface area contributed by atoms with E-state index in [2.05, 4.69) is 16.7 Å². The molecule has 2 saturated heterocycles. The van der Waals surface area contributed by atoms with E-state index in [0.29, 0.717) is 5.92 Å². The second-order valence-electron chi connectivity index (χ2n) is 5.77. The van der Waals surface area contributed by atoms with Crippen LogP contribution >= 0.6 is 0 Å². The average molecular weight is 254 g/mol. The molecule has 2 aliphatic rings. The van der Waals surface area contributed by atoms with E-state index < -0.39 is 0 Å². The molecule has 4 heteroatoms. The summed E-state index contributed by atoms with van der Waals surface area (Å²) < 4.78 is 4.87. The van der Waals surface area contributed by atoms with Gasteiger partial charge in [0, 0.05) is 26.2 Å². The number of carbonyl (C=O) groups excluding carboxylic acids is 1. The minimum Gasteiger partial charge on any atom is -0.469 e. The van der Waals surface area contributed by atoms with Crippen molar-refractivity contribution in [1.29, 1.82) is 0 Å². The van der Waals surface area contributed by atoms with Crippen molar-refractivity contribution in [3.05, 3.63) is 0 Å². The third-order valence-corrected chi connectivity index (χ3v) is 4.37. The first kappa shape index (κ1) is 13.8. The number of likely N-dealkylation sites (tertiary alicyclic amines) is 2. The van der Waals surface area contributed by atoms with Crippen LogP contribution in [0.25, 0.3) is 0 Å². The lowest BCUT2D eigenvalue weighted by atomic mass is 9.99. The van der Waals surface area contributed by atoms with Gasteiger partial charge in [-0.05, 0) is 31.8 Å². The van der Waals surface area contributed by atoms with E-state index >= 15 is 0 Å². The summed E-state index contributed by atoms with van der Waals surface area (Å²) >= 11 is 0. The molecule has 2 unspecified atom stereocenters. The van der Waals surface area contributed by atoms with Crippen molar-refractivity contribution in [1.82, 2.24) is 9.80 Å². The summed E-state index contributed by atoms with van der Waals surface area (Å²) in [5, 5.41) is 0. The van der Waals surface area contributed by atoms with Crippen LogP contribution in [-0.4, -0.2) is 62.1 Å². The normalized spacial score (nSPS) is 30.6. The van der Waals surface area contributed by atoms with Crippen LogP contribution in [0.5, 0.6) is 0 Å². The fourth-order valence-electron chi connectivity index (χ4n) is 3.17. The smallest absolute Gasteiger partial charge is 0.310 e. The van der Waals surface area contributed by atoms with Crippen LogP contribution in [0.3, 0.4) is 0 Å². The second-order valence-corrected chi connectivity index (χ2v) is 5.77. The first-order chi connectivity index (χ1) is 8.70. The lowest BCUT2D eigenvalue weighted by Crippen LogP contribution is -2.37. The Hall–Kier alpha value is -0.610. The van der Waals surface area contributed by atoms with Crippen LogP contribution in [0, 0.1) is 11.8 Å². The van der Waals surface area contributed by atoms with Crippen LogP contribution in [0.2, 0.25) is 0 Å². The van der Waals surface area contributed by atoms with Gasteiger partial charge < -0.3 is 14.5 Å². The monoisotopic (exact) mass is 254 g/mol. The quantitative estimate of drug-likeness (QED) is 0.706. The topological polar surface area (TPSA) is 32.8 Å². The number of rotatable bonds is 4. The van der Waals surface area contributed by atoms with Gasteiger partial charge in [-0.1, -0.05) is 13.3 Å². The fraction of sp³-hybridized carbons (Fsp3) is 0.929. The van der Waals surface area contributed by atoms with Gasteiger partial charge in [0.2, 0.25) is 0 Å². The molecule has 18 heavy (non-hydrogen) atoms. The highest BCUT2D eigenvalue weighted by molar-refractivity contribution is 5.73. The Kier molecular flexibility index (Phi) is 5.01. The van der Waals surface area contributed by atoms with Crippen molar-refractivity contribution < 1.29 is 9.53 Å². The lowest BCUT2D eigenvalue weighted by Gasteiger charge is -2.28. The lowest BCUT2D eigenvalue weighted by molar-refractivity contribution is -0.146. The Morgan fingerprint density at radius 2 is 1.78 bits per heavy atom. The van der Waals surface area contributed by atoms with E-state index in [4.69, 9.17) is 4.74 Å². The van der Waals surface area contributed by atoms with Crippen molar-refractivity contribution in [3.8, 4) is 0 Å². The molecular formula is C14H26N2O2. The summed E-state index contributed by atoms with van der Waals surface area (Å²) in [4.78, 5) is 16.6. The molecular weight excluding hydrogens is 228 g/mol. The summed E-state index contributed by atoms with van der Waals surface area (Å²) in [6.07, 6.45) is 4.09. The number of methoxy groups -OCH3 is 1. The number of carbonyl (C=O) groups is 1. The molecule has 0 aromatic heterocycles. The van der Waals surface area contributed by atoms with Crippen LogP contribution in [-0.2, 0) is 9.53 Å². The predicted molar refractivity (Wildman–Crippen MR) is 71.4 cm³/mol. The molecule has 0 aromatic carbocycles. The van der Waals surface area contributed by atoms with Gasteiger partial charge in [0.25, 0.3) is 0 Å². The van der Waals surface area contributed by atoms with Crippen molar-refractivity contribution in [3.63, 3.8) is 0 Å². The summed E-state index contributed by atoms with van der Waals surface area (Å²) in [7, 11) is 1.49. The van der Waals surface area contributed by atoms with E-state index in [-0.39, 0.29) is 11.9 Å². The van der Waals surface area contributed by atoms with Crippen molar-refractivity contribution in [2.75, 3.05) is 46.4 Å². The maximum Gasteiger partial charge on any atom is 0.310 e. The molecule has 0 saturated carbocycles. The standard InChI is InChI=1S/C14H26N2O2/c1-12-10-16(11-13(12)14(17)18-2)9-8-15-6-4-3-5-7-15/h12-13H,3-11H2,1-2H3. The SMILES string of the molecule is COC(=O)C1CN(CCN2CCCCC2)CC1C. The summed E-state index contributed by atoms with van der Waals surface area (Å²) in [6, 6.07) is 0. The highest BCUT2D eigenvalue weighted by Crippen LogP contribution is 2.23. The highest BCUT2D eigenvalue weighted by Gasteiger charge is 2.35. The van der Waals surface area contributed by atoms with Crippen LogP contribution in [0.1, 0.15) is 26.2 Å². The number of piperidine rings is 1. The number of hydrogen-bond donors (Lipinski definition) is 0. The molecule has 4 nitrogen and oxygen atoms in total. The molecule has 0 aromatic rings. The van der Waals surface area contributed by atoms with Crippen molar-refractivity contribution >= 4 is 5.97 Å². The molecule has 2 heterocycles. The number of ether oxygens (including phenoxy) is 1. The van der Waals surface area contributed by atoms with Gasteiger partial charge in [0.1, 0.15) is 0 Å². The maximum absolute atomic E-state index is 11.6. The summed E-state index contributed by atoms with van der Waals surface area (Å²) in [5.74, 6) is 0.470. The molecule has 0 N–H and O–H groups in total. The molecule has 104 valence electrons. The molecule has 0 aliphatic carbocycles. The molecule has 0 bridgehead atoms. The van der Waals surface area contributed by atoms with Crippen LogP contribution in [0.15, 0.2) is 0 Å². The minimum atomic E-state index is -0.0389. The van der Waals surface area contributed by atoms with Crippen molar-refractivity contribution in [2.24, 2.45) is 11.8 Å². The van der Waals surface area contributed by atoms with Gasteiger partial charge in [-0.3, -0.25) is 4.79 Å². The number of nitrogens with zero attached hydrogens (tertiary/aromatic N) is 2. The molecule has 0 amide bonds. The van der Waals surface area contributed by atoms with Gasteiger partial charge in [-0.2, -0.15) is 0 Å². The van der Waals surface area contributed by atoms with E-state index in [1.165, 1.54) is 39.5 Å². The van der Waals surface area contributed by atoms with E-state index in [0.717, 1.165) is 26.2 Å². The maximum atomic E-state index is 11.6. The molecule has 0 spiro atoms. The van der Waals surface area contributed by atoms with Gasteiger partial charge >= 0.3 is 5.97 Å². The zero-order chi connectivity index (χ0) is 13.0. The Balaban J connectivity index is 1.72. The third kappa shape index (κ3) is 3.45. The van der Waals surface area contributed by atoms with Gasteiger partial charge in [-0.25, -0.2) is 0 Å². The second kappa shape index (κ2) is 6.53. The van der Waals surface area contributed by atoms with E-state index in [9.17, 15) is 4.79 Å².